The van der Waals surface area contributed by atoms with Crippen LogP contribution in [0.5, 0.6) is 0 Å². The van der Waals surface area contributed by atoms with Gasteiger partial charge in [-0.1, -0.05) is 30.3 Å². The topological polar surface area (TPSA) is 52.0 Å². The highest BCUT2D eigenvalue weighted by Crippen LogP contribution is 2.27. The first-order valence-corrected chi connectivity index (χ1v) is 7.39. The van der Waals surface area contributed by atoms with E-state index >= 15 is 0 Å². The number of hydrogen-bond donors (Lipinski definition) is 1. The molecule has 0 saturated heterocycles. The van der Waals surface area contributed by atoms with Gasteiger partial charge in [-0.2, -0.15) is 0 Å². The van der Waals surface area contributed by atoms with Gasteiger partial charge in [0.25, 0.3) is 0 Å². The van der Waals surface area contributed by atoms with E-state index in [1.165, 1.54) is 17.8 Å². The zero-order chi connectivity index (χ0) is 14.7. The van der Waals surface area contributed by atoms with Crippen molar-refractivity contribution in [2.75, 3.05) is 5.73 Å². The highest BCUT2D eigenvalue weighted by Gasteiger charge is 2.07. The number of thioether (sulfide) groups is 1. The number of nitrogen functional groups attached to an aromatic ring is 1. The minimum Gasteiger partial charge on any atom is -0.440 e. The Hall–Kier alpha value is -2.27. The second kappa shape index (κ2) is 6.01. The number of anilines is 1. The van der Waals surface area contributed by atoms with E-state index in [0.717, 1.165) is 16.2 Å². The molecule has 5 heteroatoms. The summed E-state index contributed by atoms with van der Waals surface area (Å²) in [4.78, 5) is 5.03. The largest absolute Gasteiger partial charge is 0.440 e. The number of nitrogens with two attached hydrogens (primary N) is 1. The fourth-order valence-electron chi connectivity index (χ4n) is 1.86. The molecule has 1 aromatic heterocycles. The van der Waals surface area contributed by atoms with Crippen LogP contribution in [-0.4, -0.2) is 4.98 Å². The number of halogens is 1. The van der Waals surface area contributed by atoms with E-state index in [1.807, 2.05) is 30.3 Å². The molecule has 0 aliphatic carbocycles. The molecule has 0 unspecified atom stereocenters. The molecule has 0 atom stereocenters. The van der Waals surface area contributed by atoms with E-state index < -0.39 is 5.82 Å². The predicted octanol–water partition coefficient (Wildman–Crippen LogP) is 4.36. The summed E-state index contributed by atoms with van der Waals surface area (Å²) in [5, 5.41) is 0. The Balaban J connectivity index is 1.69. The van der Waals surface area contributed by atoms with E-state index in [4.69, 9.17) is 10.2 Å². The fourth-order valence-corrected chi connectivity index (χ4v) is 2.63. The lowest BCUT2D eigenvalue weighted by Gasteiger charge is -2.01. The lowest BCUT2D eigenvalue weighted by molar-refractivity contribution is 0.530. The normalized spacial score (nSPS) is 10.7. The molecule has 0 bridgehead atoms. The third kappa shape index (κ3) is 3.25. The van der Waals surface area contributed by atoms with Crippen molar-refractivity contribution in [2.24, 2.45) is 0 Å². The quantitative estimate of drug-likeness (QED) is 0.574. The summed E-state index contributed by atoms with van der Waals surface area (Å²) in [6.07, 6.45) is 1.70. The molecule has 0 aliphatic rings. The van der Waals surface area contributed by atoms with Crippen molar-refractivity contribution in [3.63, 3.8) is 0 Å². The van der Waals surface area contributed by atoms with Crippen LogP contribution in [0.25, 0.3) is 11.3 Å². The Morgan fingerprint density at radius 2 is 1.95 bits per heavy atom. The van der Waals surface area contributed by atoms with Crippen LogP contribution < -0.4 is 5.73 Å². The third-order valence-corrected chi connectivity index (χ3v) is 3.92. The SMILES string of the molecule is Nc1ccc(SCc2ncc(-c3ccccc3)o2)cc1F. The summed E-state index contributed by atoms with van der Waals surface area (Å²) in [7, 11) is 0. The van der Waals surface area contributed by atoms with Crippen molar-refractivity contribution in [1.29, 1.82) is 0 Å². The Bertz CT molecular complexity index is 743. The molecule has 2 N–H and O–H groups in total. The molecule has 3 rings (SSSR count). The van der Waals surface area contributed by atoms with E-state index in [2.05, 4.69) is 4.98 Å². The molecule has 3 nitrogen and oxygen atoms in total. The molecule has 3 aromatic rings. The Labute approximate surface area is 126 Å². The minimum absolute atomic E-state index is 0.154. The summed E-state index contributed by atoms with van der Waals surface area (Å²) < 4.78 is 19.0. The molecule has 106 valence electrons. The maximum absolute atomic E-state index is 13.4. The number of benzene rings is 2. The van der Waals surface area contributed by atoms with Crippen molar-refractivity contribution in [1.82, 2.24) is 4.98 Å². The van der Waals surface area contributed by atoms with Crippen molar-refractivity contribution >= 4 is 17.4 Å². The number of rotatable bonds is 4. The monoisotopic (exact) mass is 300 g/mol. The summed E-state index contributed by atoms with van der Waals surface area (Å²) in [6, 6.07) is 14.5. The lowest BCUT2D eigenvalue weighted by atomic mass is 10.2. The van der Waals surface area contributed by atoms with Crippen LogP contribution in [0, 0.1) is 5.82 Å². The maximum atomic E-state index is 13.4. The Morgan fingerprint density at radius 1 is 1.14 bits per heavy atom. The molecule has 1 heterocycles. The van der Waals surface area contributed by atoms with Gasteiger partial charge >= 0.3 is 0 Å². The van der Waals surface area contributed by atoms with E-state index in [-0.39, 0.29) is 5.69 Å². The van der Waals surface area contributed by atoms with Gasteiger partial charge in [0, 0.05) is 10.5 Å². The average molecular weight is 300 g/mol. The van der Waals surface area contributed by atoms with Crippen molar-refractivity contribution in [2.45, 2.75) is 10.6 Å². The summed E-state index contributed by atoms with van der Waals surface area (Å²) >= 11 is 1.45. The van der Waals surface area contributed by atoms with Gasteiger partial charge in [-0.25, -0.2) is 9.37 Å². The van der Waals surface area contributed by atoms with Gasteiger partial charge in [0.1, 0.15) is 5.82 Å². The first-order chi connectivity index (χ1) is 10.2. The lowest BCUT2D eigenvalue weighted by Crippen LogP contribution is -1.90. The van der Waals surface area contributed by atoms with Crippen LogP contribution >= 0.6 is 11.8 Å². The summed E-state index contributed by atoms with van der Waals surface area (Å²) in [5.41, 5.74) is 6.59. The van der Waals surface area contributed by atoms with Gasteiger partial charge in [-0.05, 0) is 18.2 Å². The average Bonchev–Trinajstić information content (AvgIpc) is 2.98. The van der Waals surface area contributed by atoms with Gasteiger partial charge in [0.2, 0.25) is 5.89 Å². The van der Waals surface area contributed by atoms with Gasteiger partial charge < -0.3 is 10.2 Å². The zero-order valence-electron chi connectivity index (χ0n) is 11.1. The van der Waals surface area contributed by atoms with Crippen LogP contribution in [-0.2, 0) is 5.75 Å². The molecule has 0 spiro atoms. The first-order valence-electron chi connectivity index (χ1n) is 6.40. The zero-order valence-corrected chi connectivity index (χ0v) is 11.9. The number of aromatic nitrogens is 1. The molecule has 0 fully saturated rings. The second-order valence-corrected chi connectivity index (χ2v) is 5.51. The van der Waals surface area contributed by atoms with E-state index in [1.54, 1.807) is 18.3 Å². The first kappa shape index (κ1) is 13.7. The fraction of sp³-hybridized carbons (Fsp3) is 0.0625. The van der Waals surface area contributed by atoms with Gasteiger partial charge in [0.05, 0.1) is 17.6 Å². The van der Waals surface area contributed by atoms with Gasteiger partial charge in [0.15, 0.2) is 5.76 Å². The Morgan fingerprint density at radius 3 is 2.71 bits per heavy atom. The molecule has 0 saturated carbocycles. The van der Waals surface area contributed by atoms with Crippen molar-refractivity contribution < 1.29 is 8.81 Å². The summed E-state index contributed by atoms with van der Waals surface area (Å²) in [5.74, 6) is 1.47. The van der Waals surface area contributed by atoms with E-state index in [9.17, 15) is 4.39 Å². The predicted molar refractivity (Wildman–Crippen MR) is 82.3 cm³/mol. The molecular formula is C16H13FN2OS. The summed E-state index contributed by atoms with van der Waals surface area (Å²) in [6.45, 7) is 0. The van der Waals surface area contributed by atoms with Crippen LogP contribution in [0.15, 0.2) is 64.0 Å². The van der Waals surface area contributed by atoms with Crippen LogP contribution in [0.4, 0.5) is 10.1 Å². The minimum atomic E-state index is -0.405. The van der Waals surface area contributed by atoms with Crippen LogP contribution in [0.3, 0.4) is 0 Å². The maximum Gasteiger partial charge on any atom is 0.205 e. The number of nitrogens with zero attached hydrogens (tertiary/aromatic N) is 1. The smallest absolute Gasteiger partial charge is 0.205 e. The second-order valence-electron chi connectivity index (χ2n) is 4.46. The molecule has 21 heavy (non-hydrogen) atoms. The number of hydrogen-bond acceptors (Lipinski definition) is 4. The van der Waals surface area contributed by atoms with Crippen LogP contribution in [0.2, 0.25) is 0 Å². The van der Waals surface area contributed by atoms with E-state index in [0.29, 0.717) is 11.6 Å². The van der Waals surface area contributed by atoms with Crippen LogP contribution in [0.1, 0.15) is 5.89 Å². The van der Waals surface area contributed by atoms with Crippen molar-refractivity contribution in [3.8, 4) is 11.3 Å². The number of oxazole rings is 1. The van der Waals surface area contributed by atoms with Gasteiger partial charge in [-0.15, -0.1) is 11.8 Å². The van der Waals surface area contributed by atoms with Gasteiger partial charge in [-0.3, -0.25) is 0 Å². The standard InChI is InChI=1S/C16H13FN2OS/c17-13-8-12(6-7-14(13)18)21-10-16-19-9-15(20-16)11-4-2-1-3-5-11/h1-9H,10,18H2. The highest BCUT2D eigenvalue weighted by molar-refractivity contribution is 7.98. The Kier molecular flexibility index (Phi) is 3.92. The highest BCUT2D eigenvalue weighted by atomic mass is 32.2. The third-order valence-electron chi connectivity index (χ3n) is 2.95. The molecule has 0 radical (unpaired) electrons. The molecule has 0 amide bonds. The van der Waals surface area contributed by atoms with Crippen molar-refractivity contribution in [3.05, 3.63) is 66.4 Å². The molecule has 2 aromatic carbocycles. The molecular weight excluding hydrogens is 287 g/mol. The molecule has 0 aliphatic heterocycles.